The molecule has 1 atom stereocenters. The predicted octanol–water partition coefficient (Wildman–Crippen LogP) is 0.103. The Balaban J connectivity index is 0. The number of aliphatic hydroxyl groups is 1. The van der Waals surface area contributed by atoms with Crippen LogP contribution in [0.5, 0.6) is 0 Å². The number of likely N-dealkylation sites (N-methyl/N-ethyl adjacent to an activating group) is 1. The summed E-state index contributed by atoms with van der Waals surface area (Å²) in [6.45, 7) is 6.22. The van der Waals surface area contributed by atoms with Crippen LogP contribution in [0, 0.1) is 0 Å². The van der Waals surface area contributed by atoms with Gasteiger partial charge in [-0.15, -0.1) is 6.58 Å². The van der Waals surface area contributed by atoms with Gasteiger partial charge in [-0.1, -0.05) is 6.08 Å². The highest BCUT2D eigenvalue weighted by Crippen LogP contribution is 2.11. The van der Waals surface area contributed by atoms with Crippen molar-refractivity contribution >= 4 is 13.3 Å². The summed E-state index contributed by atoms with van der Waals surface area (Å²) in [5.74, 6) is 0. The molecular formula is C10H24N2O2P+. The van der Waals surface area contributed by atoms with Crippen molar-refractivity contribution in [3.05, 3.63) is 12.7 Å². The van der Waals surface area contributed by atoms with E-state index in [4.69, 9.17) is 5.73 Å². The van der Waals surface area contributed by atoms with Crippen molar-refractivity contribution in [1.29, 1.82) is 0 Å². The second-order valence-corrected chi connectivity index (χ2v) is 5.99. The Hall–Kier alpha value is -0.250. The van der Waals surface area contributed by atoms with Crippen LogP contribution in [0.2, 0.25) is 0 Å². The van der Waals surface area contributed by atoms with Crippen LogP contribution in [0.15, 0.2) is 12.7 Å². The molecule has 0 aliphatic carbocycles. The van der Waals surface area contributed by atoms with Gasteiger partial charge in [0.2, 0.25) is 0 Å². The first kappa shape index (κ1) is 17.2. The molecule has 90 valence electrons. The molecule has 1 unspecified atom stereocenters. The van der Waals surface area contributed by atoms with Gasteiger partial charge >= 0.3 is 0 Å². The van der Waals surface area contributed by atoms with E-state index >= 15 is 0 Å². The van der Waals surface area contributed by atoms with Crippen LogP contribution in [-0.2, 0) is 0 Å². The van der Waals surface area contributed by atoms with E-state index < -0.39 is 7.77 Å². The van der Waals surface area contributed by atoms with Gasteiger partial charge in [0, 0.05) is 6.54 Å². The molecule has 0 saturated heterocycles. The minimum Gasteiger partial charge on any atom is -0.629 e. The highest BCUT2D eigenvalue weighted by molar-refractivity contribution is 7.51. The fraction of sp³-hybridized carbons (Fsp3) is 0.700. The number of nitrogens with two attached hydrogens (primary N) is 1. The molecule has 5 heteroatoms. The number of nitrogens with zero attached hydrogens (tertiary/aromatic N) is 1. The molecule has 0 rings (SSSR count). The van der Waals surface area contributed by atoms with Crippen molar-refractivity contribution in [2.24, 2.45) is 5.73 Å². The summed E-state index contributed by atoms with van der Waals surface area (Å²) < 4.78 is 0.618. The van der Waals surface area contributed by atoms with E-state index in [1.54, 1.807) is 6.08 Å². The summed E-state index contributed by atoms with van der Waals surface area (Å²) in [6.07, 6.45) is 2.18. The third-order valence-corrected chi connectivity index (χ3v) is 2.65. The largest absolute Gasteiger partial charge is 0.629 e. The SMILES string of the molecule is C=CCN.CC/[P+]([O-])=C(\O)C[N+](C)(C)C. The lowest BCUT2D eigenvalue weighted by molar-refractivity contribution is -0.861. The molecule has 0 saturated carbocycles. The minimum atomic E-state index is -1.50. The third-order valence-electron chi connectivity index (χ3n) is 1.36. The summed E-state index contributed by atoms with van der Waals surface area (Å²) in [4.78, 5) is 11.0. The maximum absolute atomic E-state index is 11.0. The fourth-order valence-electron chi connectivity index (χ4n) is 0.686. The molecule has 15 heavy (non-hydrogen) atoms. The zero-order chi connectivity index (χ0) is 12.5. The van der Waals surface area contributed by atoms with Crippen LogP contribution in [0.25, 0.3) is 0 Å². The third kappa shape index (κ3) is 13.8. The molecular weight excluding hydrogens is 211 g/mol. The van der Waals surface area contributed by atoms with Gasteiger partial charge in [-0.05, 0) is 6.92 Å². The quantitative estimate of drug-likeness (QED) is 0.412. The number of aliphatic hydroxyl groups excluding tert-OH is 1. The van der Waals surface area contributed by atoms with Crippen molar-refractivity contribution in [3.8, 4) is 0 Å². The molecule has 0 aromatic rings. The first-order valence-electron chi connectivity index (χ1n) is 4.89. The maximum atomic E-state index is 11.0. The lowest BCUT2D eigenvalue weighted by Crippen LogP contribution is -2.39. The van der Waals surface area contributed by atoms with Crippen molar-refractivity contribution in [2.45, 2.75) is 6.92 Å². The van der Waals surface area contributed by atoms with E-state index in [9.17, 15) is 10.00 Å². The van der Waals surface area contributed by atoms with E-state index in [1.165, 1.54) is 0 Å². The van der Waals surface area contributed by atoms with E-state index in [2.05, 4.69) is 6.58 Å². The number of hydrogen-bond donors (Lipinski definition) is 2. The van der Waals surface area contributed by atoms with Crippen LogP contribution in [0.1, 0.15) is 6.92 Å². The van der Waals surface area contributed by atoms with Crippen molar-refractivity contribution in [2.75, 3.05) is 40.4 Å². The monoisotopic (exact) mass is 235 g/mol. The topological polar surface area (TPSA) is 69.3 Å². The van der Waals surface area contributed by atoms with Crippen LogP contribution < -0.4 is 10.6 Å². The Morgan fingerprint density at radius 2 is 1.93 bits per heavy atom. The van der Waals surface area contributed by atoms with Gasteiger partial charge in [0.05, 0.1) is 28.9 Å². The summed E-state index contributed by atoms with van der Waals surface area (Å²) in [7, 11) is 4.36. The van der Waals surface area contributed by atoms with Gasteiger partial charge in [-0.25, -0.2) is 0 Å². The highest BCUT2D eigenvalue weighted by Gasteiger charge is 2.15. The predicted molar refractivity (Wildman–Crippen MR) is 66.6 cm³/mol. The lowest BCUT2D eigenvalue weighted by atomic mass is 10.5. The second kappa shape index (κ2) is 9.01. The zero-order valence-electron chi connectivity index (χ0n) is 10.2. The lowest BCUT2D eigenvalue weighted by Gasteiger charge is -2.21. The van der Waals surface area contributed by atoms with Crippen molar-refractivity contribution < 1.29 is 14.5 Å². The second-order valence-electron chi connectivity index (χ2n) is 4.08. The Labute approximate surface area is 94.1 Å². The summed E-state index contributed by atoms with van der Waals surface area (Å²) in [5.41, 5.74) is 5.04. The summed E-state index contributed by atoms with van der Waals surface area (Å²) in [6, 6.07) is 0. The molecule has 0 aromatic heterocycles. The van der Waals surface area contributed by atoms with Gasteiger partial charge in [-0.2, -0.15) is 0 Å². The van der Waals surface area contributed by atoms with Crippen molar-refractivity contribution in [1.82, 2.24) is 0 Å². The van der Waals surface area contributed by atoms with Gasteiger partial charge < -0.3 is 20.2 Å². The summed E-state index contributed by atoms with van der Waals surface area (Å²) >= 11 is 0. The molecule has 0 fully saturated rings. The van der Waals surface area contributed by atoms with Crippen LogP contribution in [-0.4, -0.2) is 55.5 Å². The zero-order valence-corrected chi connectivity index (χ0v) is 11.1. The maximum Gasteiger partial charge on any atom is 0.273 e. The van der Waals surface area contributed by atoms with Gasteiger partial charge in [-0.3, -0.25) is 0 Å². The van der Waals surface area contributed by atoms with E-state index in [-0.39, 0.29) is 5.48 Å². The van der Waals surface area contributed by atoms with Crippen LogP contribution in [0.3, 0.4) is 0 Å². The molecule has 0 aliphatic heterocycles. The number of quaternary nitrogens is 1. The minimum absolute atomic E-state index is 0.134. The van der Waals surface area contributed by atoms with E-state index in [0.29, 0.717) is 23.7 Å². The van der Waals surface area contributed by atoms with E-state index in [1.807, 2.05) is 28.1 Å². The normalized spacial score (nSPS) is 12.5. The molecule has 0 amide bonds. The van der Waals surface area contributed by atoms with Gasteiger partial charge in [0.1, 0.15) is 6.16 Å². The molecule has 0 radical (unpaired) electrons. The highest BCUT2D eigenvalue weighted by atomic mass is 31.1. The molecule has 0 spiro atoms. The average molecular weight is 235 g/mol. The Kier molecular flexibility index (Phi) is 10.3. The molecule has 0 heterocycles. The first-order chi connectivity index (χ1) is 6.78. The Bertz CT molecular complexity index is 210. The number of hydrogen-bond acceptors (Lipinski definition) is 2. The first-order valence-corrected chi connectivity index (χ1v) is 6.33. The van der Waals surface area contributed by atoms with Gasteiger partial charge in [0.25, 0.3) is 5.48 Å². The molecule has 0 bridgehead atoms. The van der Waals surface area contributed by atoms with E-state index in [0.717, 1.165) is 0 Å². The van der Waals surface area contributed by atoms with Crippen LogP contribution in [0.4, 0.5) is 0 Å². The fourth-order valence-corrected chi connectivity index (χ4v) is 1.63. The Morgan fingerprint density at radius 1 is 1.53 bits per heavy atom. The molecule has 4 nitrogen and oxygen atoms in total. The van der Waals surface area contributed by atoms with Crippen molar-refractivity contribution in [3.63, 3.8) is 0 Å². The molecule has 3 N–H and O–H groups in total. The number of rotatable bonds is 4. The summed E-state index contributed by atoms with van der Waals surface area (Å²) in [5, 5.41) is 9.27. The average Bonchev–Trinajstić information content (AvgIpc) is 2.14. The molecule has 0 aliphatic rings. The smallest absolute Gasteiger partial charge is 0.273 e. The Morgan fingerprint density at radius 3 is 2.13 bits per heavy atom. The molecule has 0 aromatic carbocycles. The van der Waals surface area contributed by atoms with Gasteiger partial charge in [0.15, 0.2) is 6.54 Å². The van der Waals surface area contributed by atoms with Crippen LogP contribution >= 0.6 is 7.77 Å². The standard InChI is InChI=1S/C7H16NO2P.C3H7N/c1-5-11(10)7(9)6-8(2,3)4;1-2-3-4/h5-6H2,1-4H3;2H,1,3-4H2/p+1.